The summed E-state index contributed by atoms with van der Waals surface area (Å²) in [5.41, 5.74) is 1.03. The molecule has 6 nitrogen and oxygen atoms in total. The summed E-state index contributed by atoms with van der Waals surface area (Å²) in [7, 11) is 1.37. The van der Waals surface area contributed by atoms with Gasteiger partial charge in [0, 0.05) is 17.5 Å². The molecule has 4 atom stereocenters. The van der Waals surface area contributed by atoms with Crippen molar-refractivity contribution in [3.63, 3.8) is 0 Å². The number of para-hydroxylation sites is 1. The van der Waals surface area contributed by atoms with Crippen molar-refractivity contribution < 1.29 is 23.8 Å². The minimum atomic E-state index is -0.640. The number of hydrogen-bond donors (Lipinski definition) is 0. The second kappa shape index (κ2) is 8.08. The van der Waals surface area contributed by atoms with Crippen LogP contribution in [0.3, 0.4) is 0 Å². The maximum Gasteiger partial charge on any atom is 0.324 e. The molecule has 2 aliphatic heterocycles. The Hall–Kier alpha value is -2.08. The highest BCUT2D eigenvalue weighted by molar-refractivity contribution is 5.86. The lowest BCUT2D eigenvalue weighted by Crippen LogP contribution is -2.44. The number of ether oxygens (including phenoxy) is 3. The number of benzene rings is 1. The highest BCUT2D eigenvalue weighted by atomic mass is 16.5. The van der Waals surface area contributed by atoms with Crippen molar-refractivity contribution in [1.82, 2.24) is 4.90 Å². The van der Waals surface area contributed by atoms with Gasteiger partial charge in [0.1, 0.15) is 11.8 Å². The van der Waals surface area contributed by atoms with Crippen LogP contribution in [0.5, 0.6) is 5.75 Å². The Morgan fingerprint density at radius 2 is 2.00 bits per heavy atom. The molecule has 0 unspecified atom stereocenters. The minimum absolute atomic E-state index is 0.0509. The predicted octanol–water partition coefficient (Wildman–Crippen LogP) is 2.57. The molecular weight excluding hydrogens is 334 g/mol. The van der Waals surface area contributed by atoms with Gasteiger partial charge in [-0.1, -0.05) is 31.5 Å². The molecule has 0 saturated carbocycles. The van der Waals surface area contributed by atoms with Crippen LogP contribution in [0.25, 0.3) is 0 Å². The minimum Gasteiger partial charge on any atom is -0.493 e. The fraction of sp³-hybridized carbons (Fsp3) is 0.600. The third kappa shape index (κ3) is 3.18. The zero-order chi connectivity index (χ0) is 18.7. The standard InChI is InChI=1S/C20H27NO5/c1-4-6-11-21-17-13-9-7-8-10-15(13)26-12-14(17)16(19(22)24-3)18(21)20(23)25-5-2/h7-10,14,16-18H,4-6,11-12H2,1-3H3/t14-,16+,17-,18+/m0/s1. The van der Waals surface area contributed by atoms with Gasteiger partial charge >= 0.3 is 11.9 Å². The summed E-state index contributed by atoms with van der Waals surface area (Å²) < 4.78 is 16.3. The maximum absolute atomic E-state index is 12.8. The number of likely N-dealkylation sites (tertiary alicyclic amines) is 1. The highest BCUT2D eigenvalue weighted by Crippen LogP contribution is 2.50. The van der Waals surface area contributed by atoms with E-state index in [0.29, 0.717) is 6.61 Å². The summed E-state index contributed by atoms with van der Waals surface area (Å²) in [6.45, 7) is 5.29. The summed E-state index contributed by atoms with van der Waals surface area (Å²) in [6.07, 6.45) is 1.94. The quantitative estimate of drug-likeness (QED) is 0.726. The van der Waals surface area contributed by atoms with Gasteiger partial charge in [0.15, 0.2) is 0 Å². The number of methoxy groups -OCH3 is 1. The molecule has 0 N–H and O–H groups in total. The first-order chi connectivity index (χ1) is 12.6. The van der Waals surface area contributed by atoms with E-state index in [1.54, 1.807) is 6.92 Å². The number of carbonyl (C=O) groups is 2. The summed E-state index contributed by atoms with van der Waals surface area (Å²) in [5.74, 6) is -0.632. The van der Waals surface area contributed by atoms with Crippen molar-refractivity contribution >= 4 is 11.9 Å². The Morgan fingerprint density at radius 1 is 1.23 bits per heavy atom. The number of rotatable bonds is 6. The van der Waals surface area contributed by atoms with Crippen molar-refractivity contribution in [1.29, 1.82) is 0 Å². The molecule has 1 aromatic rings. The summed E-state index contributed by atoms with van der Waals surface area (Å²) in [6, 6.07) is 7.17. The van der Waals surface area contributed by atoms with Crippen LogP contribution < -0.4 is 4.74 Å². The van der Waals surface area contributed by atoms with Crippen molar-refractivity contribution in [2.75, 3.05) is 26.9 Å². The van der Waals surface area contributed by atoms with E-state index in [-0.39, 0.29) is 30.5 Å². The monoisotopic (exact) mass is 361 g/mol. The molecule has 1 fully saturated rings. The Labute approximate surface area is 154 Å². The fourth-order valence-electron chi connectivity index (χ4n) is 4.27. The lowest BCUT2D eigenvalue weighted by molar-refractivity contribution is -0.158. The van der Waals surface area contributed by atoms with Crippen LogP contribution in [0, 0.1) is 11.8 Å². The predicted molar refractivity (Wildman–Crippen MR) is 95.7 cm³/mol. The third-order valence-corrected chi connectivity index (χ3v) is 5.36. The number of esters is 2. The van der Waals surface area contributed by atoms with Gasteiger partial charge in [-0.3, -0.25) is 14.5 Å². The van der Waals surface area contributed by atoms with Crippen LogP contribution in [-0.2, 0) is 19.1 Å². The summed E-state index contributed by atoms with van der Waals surface area (Å²) in [4.78, 5) is 27.5. The van der Waals surface area contributed by atoms with Crippen LogP contribution >= 0.6 is 0 Å². The van der Waals surface area contributed by atoms with E-state index in [0.717, 1.165) is 30.7 Å². The number of carbonyl (C=O) groups excluding carboxylic acids is 2. The van der Waals surface area contributed by atoms with Gasteiger partial charge in [0.25, 0.3) is 0 Å². The lowest BCUT2D eigenvalue weighted by atomic mass is 9.83. The first kappa shape index (κ1) is 18.7. The highest BCUT2D eigenvalue weighted by Gasteiger charge is 2.58. The summed E-state index contributed by atoms with van der Waals surface area (Å²) >= 11 is 0. The zero-order valence-electron chi connectivity index (χ0n) is 15.6. The number of unbranched alkanes of at least 4 members (excludes halogenated alkanes) is 1. The molecule has 1 aromatic carbocycles. The van der Waals surface area contributed by atoms with Gasteiger partial charge in [-0.2, -0.15) is 0 Å². The Balaban J connectivity index is 2.06. The smallest absolute Gasteiger partial charge is 0.324 e. The van der Waals surface area contributed by atoms with Crippen LogP contribution in [-0.4, -0.2) is 49.7 Å². The maximum atomic E-state index is 12.8. The van der Waals surface area contributed by atoms with E-state index in [9.17, 15) is 9.59 Å². The van der Waals surface area contributed by atoms with E-state index < -0.39 is 12.0 Å². The molecule has 0 spiro atoms. The molecule has 0 aliphatic carbocycles. The van der Waals surface area contributed by atoms with Gasteiger partial charge in [-0.15, -0.1) is 0 Å². The van der Waals surface area contributed by atoms with Crippen molar-refractivity contribution in [2.45, 2.75) is 38.8 Å². The molecule has 0 radical (unpaired) electrons. The molecule has 1 saturated heterocycles. The van der Waals surface area contributed by atoms with Crippen molar-refractivity contribution in [3.05, 3.63) is 29.8 Å². The van der Waals surface area contributed by atoms with E-state index in [4.69, 9.17) is 14.2 Å². The van der Waals surface area contributed by atoms with Gasteiger partial charge in [0.2, 0.25) is 0 Å². The SMILES string of the molecule is CCCCN1[C@@H](C(=O)OCC)[C@H](C(=O)OC)[C@@H]2COc3ccccc3[C@@H]21. The van der Waals surface area contributed by atoms with Crippen molar-refractivity contribution in [3.8, 4) is 5.75 Å². The van der Waals surface area contributed by atoms with E-state index >= 15 is 0 Å². The number of nitrogens with zero attached hydrogens (tertiary/aromatic N) is 1. The summed E-state index contributed by atoms with van der Waals surface area (Å²) in [5, 5.41) is 0. The molecule has 0 amide bonds. The van der Waals surface area contributed by atoms with Gasteiger partial charge in [-0.25, -0.2) is 0 Å². The van der Waals surface area contributed by atoms with Gasteiger partial charge in [-0.05, 0) is 26.0 Å². The van der Waals surface area contributed by atoms with Crippen LogP contribution in [0.4, 0.5) is 0 Å². The van der Waals surface area contributed by atoms with E-state index in [2.05, 4.69) is 11.8 Å². The van der Waals surface area contributed by atoms with Gasteiger partial charge in [0.05, 0.1) is 26.2 Å². The molecule has 142 valence electrons. The third-order valence-electron chi connectivity index (χ3n) is 5.36. The van der Waals surface area contributed by atoms with Crippen molar-refractivity contribution in [2.24, 2.45) is 11.8 Å². The topological polar surface area (TPSA) is 65.1 Å². The first-order valence-corrected chi connectivity index (χ1v) is 9.35. The normalized spacial score (nSPS) is 27.2. The van der Waals surface area contributed by atoms with E-state index in [1.807, 2.05) is 24.3 Å². The lowest BCUT2D eigenvalue weighted by Gasteiger charge is -2.34. The first-order valence-electron chi connectivity index (χ1n) is 9.35. The second-order valence-corrected chi connectivity index (χ2v) is 6.79. The van der Waals surface area contributed by atoms with Crippen LogP contribution in [0.2, 0.25) is 0 Å². The molecule has 26 heavy (non-hydrogen) atoms. The Morgan fingerprint density at radius 3 is 2.69 bits per heavy atom. The Bertz CT molecular complexity index is 661. The molecular formula is C20H27NO5. The number of fused-ring (bicyclic) bond motifs is 3. The largest absolute Gasteiger partial charge is 0.493 e. The van der Waals surface area contributed by atoms with Gasteiger partial charge < -0.3 is 14.2 Å². The average Bonchev–Trinajstić information content (AvgIpc) is 3.00. The fourth-order valence-corrected chi connectivity index (χ4v) is 4.27. The van der Waals surface area contributed by atoms with E-state index in [1.165, 1.54) is 7.11 Å². The molecule has 0 bridgehead atoms. The molecule has 6 heteroatoms. The molecule has 0 aromatic heterocycles. The molecule has 2 aliphatic rings. The molecule has 3 rings (SSSR count). The number of hydrogen-bond acceptors (Lipinski definition) is 6. The Kier molecular flexibility index (Phi) is 5.81. The second-order valence-electron chi connectivity index (χ2n) is 6.79. The zero-order valence-corrected chi connectivity index (χ0v) is 15.6. The average molecular weight is 361 g/mol. The van der Waals surface area contributed by atoms with Crippen LogP contribution in [0.1, 0.15) is 38.3 Å². The van der Waals surface area contributed by atoms with Crippen LogP contribution in [0.15, 0.2) is 24.3 Å². The molecule has 2 heterocycles.